The van der Waals surface area contributed by atoms with Crippen molar-refractivity contribution in [2.24, 2.45) is 0 Å². The van der Waals surface area contributed by atoms with Gasteiger partial charge in [-0.25, -0.2) is 4.98 Å². The van der Waals surface area contributed by atoms with Gasteiger partial charge in [-0.1, -0.05) is 20.8 Å². The molecule has 1 aromatic heterocycles. The molecule has 138 valence electrons. The van der Waals surface area contributed by atoms with Gasteiger partial charge in [0.05, 0.1) is 5.01 Å². The Bertz CT molecular complexity index is 540. The van der Waals surface area contributed by atoms with Gasteiger partial charge in [0.1, 0.15) is 5.69 Å². The third kappa shape index (κ3) is 4.82. The summed E-state index contributed by atoms with van der Waals surface area (Å²) in [6.45, 7) is 12.4. The molecule has 1 amide bonds. The molecule has 1 unspecified atom stereocenters. The first kappa shape index (κ1) is 21.6. The zero-order chi connectivity index (χ0) is 15.7. The van der Waals surface area contributed by atoms with Gasteiger partial charge in [-0.05, 0) is 6.42 Å². The average Bonchev–Trinajstić information content (AvgIpc) is 3.16. The van der Waals surface area contributed by atoms with Crippen molar-refractivity contribution >= 4 is 42.1 Å². The van der Waals surface area contributed by atoms with E-state index in [1.54, 1.807) is 11.3 Å². The predicted molar refractivity (Wildman–Crippen MR) is 104 cm³/mol. The minimum Gasteiger partial charge on any atom is -0.336 e. The van der Waals surface area contributed by atoms with Crippen LogP contribution < -0.4 is 5.32 Å². The zero-order valence-corrected chi connectivity index (χ0v) is 17.0. The van der Waals surface area contributed by atoms with Crippen LogP contribution in [-0.2, 0) is 5.41 Å². The first-order chi connectivity index (χ1) is 10.4. The summed E-state index contributed by atoms with van der Waals surface area (Å²) in [6, 6.07) is 0.520. The molecular formula is C16H28Cl2N4OS. The van der Waals surface area contributed by atoms with E-state index in [4.69, 9.17) is 0 Å². The summed E-state index contributed by atoms with van der Waals surface area (Å²) in [5.41, 5.74) is 0.633. The van der Waals surface area contributed by atoms with Crippen molar-refractivity contribution in [3.63, 3.8) is 0 Å². The Hall–Kier alpha value is -0.400. The lowest BCUT2D eigenvalue weighted by molar-refractivity contribution is 0.0768. The highest BCUT2D eigenvalue weighted by Crippen LogP contribution is 2.27. The molecule has 2 fully saturated rings. The SMILES string of the molecule is CC(C)(C)c1nc(C(=O)N2CCC(N3CCNCC3)C2)cs1.Cl.Cl. The third-order valence-corrected chi connectivity index (χ3v) is 5.75. The highest BCUT2D eigenvalue weighted by atomic mass is 35.5. The van der Waals surface area contributed by atoms with Crippen molar-refractivity contribution in [1.82, 2.24) is 20.1 Å². The largest absolute Gasteiger partial charge is 0.336 e. The Morgan fingerprint density at radius 2 is 1.92 bits per heavy atom. The van der Waals surface area contributed by atoms with E-state index in [0.717, 1.165) is 50.7 Å². The molecule has 1 atom stereocenters. The van der Waals surface area contributed by atoms with E-state index >= 15 is 0 Å². The average molecular weight is 395 g/mol. The Kier molecular flexibility index (Phi) is 7.94. The number of thiazole rings is 1. The highest BCUT2D eigenvalue weighted by Gasteiger charge is 2.32. The fourth-order valence-electron chi connectivity index (χ4n) is 3.15. The topological polar surface area (TPSA) is 48.5 Å². The predicted octanol–water partition coefficient (Wildman–Crippen LogP) is 2.40. The van der Waals surface area contributed by atoms with E-state index in [-0.39, 0.29) is 36.1 Å². The van der Waals surface area contributed by atoms with E-state index in [1.165, 1.54) is 0 Å². The Morgan fingerprint density at radius 1 is 1.25 bits per heavy atom. The van der Waals surface area contributed by atoms with Gasteiger partial charge in [0.2, 0.25) is 0 Å². The molecule has 0 saturated carbocycles. The van der Waals surface area contributed by atoms with E-state index in [0.29, 0.717) is 11.7 Å². The molecule has 3 rings (SSSR count). The number of nitrogens with one attached hydrogen (secondary N) is 1. The van der Waals surface area contributed by atoms with Gasteiger partial charge < -0.3 is 10.2 Å². The summed E-state index contributed by atoms with van der Waals surface area (Å²) in [6.07, 6.45) is 1.09. The highest BCUT2D eigenvalue weighted by molar-refractivity contribution is 7.10. The van der Waals surface area contributed by atoms with Crippen molar-refractivity contribution in [1.29, 1.82) is 0 Å². The Balaban J connectivity index is 0.00000144. The second-order valence-electron chi connectivity index (χ2n) is 7.27. The van der Waals surface area contributed by atoms with Gasteiger partial charge in [0, 0.05) is 56.1 Å². The van der Waals surface area contributed by atoms with Crippen LogP contribution in [0, 0.1) is 0 Å². The maximum absolute atomic E-state index is 12.7. The lowest BCUT2D eigenvalue weighted by Crippen LogP contribution is -2.49. The molecule has 1 aromatic rings. The lowest BCUT2D eigenvalue weighted by Gasteiger charge is -2.32. The Morgan fingerprint density at radius 3 is 2.50 bits per heavy atom. The first-order valence-corrected chi connectivity index (χ1v) is 9.03. The van der Waals surface area contributed by atoms with Crippen LogP contribution in [0.4, 0.5) is 0 Å². The number of amides is 1. The standard InChI is InChI=1S/C16H26N4OS.2ClH/c1-16(2,3)15-18-13(11-22-15)14(21)20-7-4-12(10-20)19-8-5-17-6-9-19;;/h11-12,17H,4-10H2,1-3H3;2*1H. The van der Waals surface area contributed by atoms with Crippen molar-refractivity contribution in [3.8, 4) is 0 Å². The summed E-state index contributed by atoms with van der Waals surface area (Å²) in [7, 11) is 0. The molecule has 3 heterocycles. The quantitative estimate of drug-likeness (QED) is 0.836. The molecule has 2 aliphatic rings. The number of rotatable bonds is 2. The van der Waals surface area contributed by atoms with E-state index in [9.17, 15) is 4.79 Å². The maximum Gasteiger partial charge on any atom is 0.273 e. The minimum atomic E-state index is 0. The Labute approximate surface area is 161 Å². The number of hydrogen-bond acceptors (Lipinski definition) is 5. The lowest BCUT2D eigenvalue weighted by atomic mass is 9.98. The van der Waals surface area contributed by atoms with Gasteiger partial charge in [-0.15, -0.1) is 36.2 Å². The number of halogens is 2. The normalized spacial score (nSPS) is 22.0. The number of aromatic nitrogens is 1. The molecule has 0 aromatic carbocycles. The van der Waals surface area contributed by atoms with E-state index < -0.39 is 0 Å². The van der Waals surface area contributed by atoms with Crippen LogP contribution in [0.25, 0.3) is 0 Å². The summed E-state index contributed by atoms with van der Waals surface area (Å²) in [5.74, 6) is 0.101. The summed E-state index contributed by atoms with van der Waals surface area (Å²) in [4.78, 5) is 21.7. The smallest absolute Gasteiger partial charge is 0.273 e. The van der Waals surface area contributed by atoms with Gasteiger partial charge in [0.15, 0.2) is 0 Å². The maximum atomic E-state index is 12.7. The van der Waals surface area contributed by atoms with Crippen LogP contribution in [0.15, 0.2) is 5.38 Å². The number of carbonyl (C=O) groups is 1. The fraction of sp³-hybridized carbons (Fsp3) is 0.750. The van der Waals surface area contributed by atoms with Crippen LogP contribution in [0.5, 0.6) is 0 Å². The second kappa shape index (κ2) is 8.81. The molecule has 0 radical (unpaired) electrons. The van der Waals surface area contributed by atoms with Gasteiger partial charge in [-0.2, -0.15) is 0 Å². The van der Waals surface area contributed by atoms with Gasteiger partial charge >= 0.3 is 0 Å². The van der Waals surface area contributed by atoms with Crippen molar-refractivity contribution in [3.05, 3.63) is 16.1 Å². The van der Waals surface area contributed by atoms with Crippen LogP contribution in [0.3, 0.4) is 0 Å². The molecular weight excluding hydrogens is 367 g/mol. The zero-order valence-electron chi connectivity index (χ0n) is 14.6. The minimum absolute atomic E-state index is 0. The summed E-state index contributed by atoms with van der Waals surface area (Å²) < 4.78 is 0. The molecule has 5 nitrogen and oxygen atoms in total. The van der Waals surface area contributed by atoms with E-state index in [1.807, 2.05) is 10.3 Å². The molecule has 2 aliphatic heterocycles. The third-order valence-electron chi connectivity index (χ3n) is 4.48. The molecule has 2 saturated heterocycles. The van der Waals surface area contributed by atoms with Crippen LogP contribution in [-0.4, -0.2) is 66.0 Å². The fourth-order valence-corrected chi connectivity index (χ4v) is 4.03. The molecule has 8 heteroatoms. The number of hydrogen-bond donors (Lipinski definition) is 1. The van der Waals surface area contributed by atoms with Crippen LogP contribution >= 0.6 is 36.2 Å². The van der Waals surface area contributed by atoms with Gasteiger partial charge in [0.25, 0.3) is 5.91 Å². The number of piperazine rings is 1. The van der Waals surface area contributed by atoms with E-state index in [2.05, 4.69) is 36.0 Å². The summed E-state index contributed by atoms with van der Waals surface area (Å²) >= 11 is 1.60. The molecule has 1 N–H and O–H groups in total. The summed E-state index contributed by atoms with van der Waals surface area (Å²) in [5, 5.41) is 6.34. The van der Waals surface area contributed by atoms with Crippen LogP contribution in [0.2, 0.25) is 0 Å². The first-order valence-electron chi connectivity index (χ1n) is 8.15. The van der Waals surface area contributed by atoms with Crippen molar-refractivity contribution in [2.75, 3.05) is 39.3 Å². The molecule has 0 bridgehead atoms. The molecule has 0 aliphatic carbocycles. The monoisotopic (exact) mass is 394 g/mol. The van der Waals surface area contributed by atoms with Crippen molar-refractivity contribution < 1.29 is 4.79 Å². The molecule has 24 heavy (non-hydrogen) atoms. The number of carbonyl (C=O) groups excluding carboxylic acids is 1. The van der Waals surface area contributed by atoms with Crippen LogP contribution in [0.1, 0.15) is 42.7 Å². The molecule has 0 spiro atoms. The van der Waals surface area contributed by atoms with Crippen molar-refractivity contribution in [2.45, 2.75) is 38.6 Å². The number of likely N-dealkylation sites (tertiary alicyclic amines) is 1. The number of nitrogens with zero attached hydrogens (tertiary/aromatic N) is 3. The van der Waals surface area contributed by atoms with Gasteiger partial charge in [-0.3, -0.25) is 9.69 Å². The second-order valence-corrected chi connectivity index (χ2v) is 8.13.